The maximum absolute atomic E-state index is 8.74. The van der Waals surface area contributed by atoms with E-state index in [-0.39, 0.29) is 5.15 Å². The molecule has 12 heavy (non-hydrogen) atoms. The van der Waals surface area contributed by atoms with Crippen molar-refractivity contribution in [2.75, 3.05) is 0 Å². The highest BCUT2D eigenvalue weighted by Crippen LogP contribution is 2.21. The predicted octanol–water partition coefficient (Wildman–Crippen LogP) is 2.09. The van der Waals surface area contributed by atoms with E-state index >= 15 is 0 Å². The number of aromatic amines is 1. The topological polar surface area (TPSA) is 52.5 Å². The van der Waals surface area contributed by atoms with E-state index in [2.05, 4.69) is 9.97 Å². The molecule has 0 saturated carbocycles. The van der Waals surface area contributed by atoms with Crippen LogP contribution < -0.4 is 0 Å². The molecular formula is C8H4ClN3. The van der Waals surface area contributed by atoms with E-state index in [0.29, 0.717) is 5.56 Å². The summed E-state index contributed by atoms with van der Waals surface area (Å²) in [5.74, 6) is 0. The molecule has 0 saturated heterocycles. The minimum atomic E-state index is 0.243. The van der Waals surface area contributed by atoms with Crippen LogP contribution in [0.4, 0.5) is 0 Å². The molecule has 0 aromatic carbocycles. The van der Waals surface area contributed by atoms with E-state index in [9.17, 15) is 0 Å². The fraction of sp³-hybridized carbons (Fsp3) is 0. The van der Waals surface area contributed by atoms with Gasteiger partial charge >= 0.3 is 0 Å². The van der Waals surface area contributed by atoms with Gasteiger partial charge in [0.2, 0.25) is 0 Å². The van der Waals surface area contributed by atoms with Crippen molar-refractivity contribution < 1.29 is 0 Å². The summed E-state index contributed by atoms with van der Waals surface area (Å²) in [5, 5.41) is 9.88. The Morgan fingerprint density at radius 1 is 1.58 bits per heavy atom. The molecule has 0 aliphatic carbocycles. The van der Waals surface area contributed by atoms with Crippen LogP contribution in [-0.2, 0) is 0 Å². The smallest absolute Gasteiger partial charge is 0.148 e. The monoisotopic (exact) mass is 177 g/mol. The molecule has 0 bridgehead atoms. The molecule has 1 N–H and O–H groups in total. The maximum Gasteiger partial charge on any atom is 0.148 e. The molecule has 0 unspecified atom stereocenters. The number of aromatic nitrogens is 2. The van der Waals surface area contributed by atoms with Crippen molar-refractivity contribution >= 4 is 22.5 Å². The lowest BCUT2D eigenvalue weighted by molar-refractivity contribution is 1.32. The summed E-state index contributed by atoms with van der Waals surface area (Å²) in [5.41, 5.74) is 1.15. The number of nitrogens with one attached hydrogen (secondary N) is 1. The first-order chi connectivity index (χ1) is 5.83. The zero-order chi connectivity index (χ0) is 8.55. The van der Waals surface area contributed by atoms with E-state index in [4.69, 9.17) is 16.9 Å². The number of fused-ring (bicyclic) bond motifs is 1. The average Bonchev–Trinajstić information content (AvgIpc) is 2.52. The second-order valence-electron chi connectivity index (χ2n) is 2.34. The Labute approximate surface area is 73.6 Å². The maximum atomic E-state index is 8.74. The van der Waals surface area contributed by atoms with Crippen molar-refractivity contribution in [3.8, 4) is 6.07 Å². The molecule has 0 fully saturated rings. The Morgan fingerprint density at radius 2 is 2.42 bits per heavy atom. The minimum Gasteiger partial charge on any atom is -0.360 e. The van der Waals surface area contributed by atoms with Gasteiger partial charge in [0.25, 0.3) is 0 Å². The van der Waals surface area contributed by atoms with Crippen molar-refractivity contribution in [2.24, 2.45) is 0 Å². The van der Waals surface area contributed by atoms with Gasteiger partial charge < -0.3 is 4.98 Å². The van der Waals surface area contributed by atoms with E-state index in [1.165, 1.54) is 0 Å². The average molecular weight is 178 g/mol. The largest absolute Gasteiger partial charge is 0.360 e. The Morgan fingerprint density at radius 3 is 3.17 bits per heavy atom. The molecule has 2 aromatic heterocycles. The van der Waals surface area contributed by atoms with Gasteiger partial charge in [0.05, 0.1) is 5.52 Å². The number of nitriles is 1. The van der Waals surface area contributed by atoms with Crippen LogP contribution in [0.2, 0.25) is 5.15 Å². The lowest BCUT2D eigenvalue weighted by Gasteiger charge is -1.94. The van der Waals surface area contributed by atoms with Crippen LogP contribution in [0.15, 0.2) is 18.5 Å². The lowest BCUT2D eigenvalue weighted by Crippen LogP contribution is -1.83. The van der Waals surface area contributed by atoms with Gasteiger partial charge in [0, 0.05) is 17.8 Å². The zero-order valence-corrected chi connectivity index (χ0v) is 6.76. The highest BCUT2D eigenvalue weighted by molar-refractivity contribution is 6.31. The molecule has 0 aliphatic heterocycles. The second-order valence-corrected chi connectivity index (χ2v) is 2.70. The predicted molar refractivity (Wildman–Crippen MR) is 45.8 cm³/mol. The molecule has 2 heterocycles. The Hall–Kier alpha value is -1.53. The molecular weight excluding hydrogens is 174 g/mol. The second kappa shape index (κ2) is 2.50. The summed E-state index contributed by atoms with van der Waals surface area (Å²) >= 11 is 5.71. The summed E-state index contributed by atoms with van der Waals surface area (Å²) in [6.45, 7) is 0. The highest BCUT2D eigenvalue weighted by Gasteiger charge is 2.06. The molecule has 0 aliphatic rings. The van der Waals surface area contributed by atoms with E-state index in [0.717, 1.165) is 10.9 Å². The molecule has 58 valence electrons. The van der Waals surface area contributed by atoms with Crippen LogP contribution in [0.25, 0.3) is 10.9 Å². The number of nitrogens with zero attached hydrogens (tertiary/aromatic N) is 2. The normalized spacial score (nSPS) is 10.0. The van der Waals surface area contributed by atoms with Gasteiger partial charge in [-0.2, -0.15) is 5.26 Å². The van der Waals surface area contributed by atoms with Gasteiger partial charge in [-0.25, -0.2) is 4.98 Å². The van der Waals surface area contributed by atoms with E-state index in [1.54, 1.807) is 12.4 Å². The zero-order valence-electron chi connectivity index (χ0n) is 6.00. The molecule has 4 heteroatoms. The van der Waals surface area contributed by atoms with Crippen LogP contribution in [0.5, 0.6) is 0 Å². The van der Waals surface area contributed by atoms with Crippen LogP contribution in [-0.4, -0.2) is 9.97 Å². The number of rotatable bonds is 0. The molecule has 0 radical (unpaired) electrons. The first-order valence-electron chi connectivity index (χ1n) is 3.34. The van der Waals surface area contributed by atoms with Crippen LogP contribution in [0.1, 0.15) is 5.56 Å². The first-order valence-corrected chi connectivity index (χ1v) is 3.72. The molecule has 2 aromatic rings. The van der Waals surface area contributed by atoms with Crippen LogP contribution in [0.3, 0.4) is 0 Å². The van der Waals surface area contributed by atoms with Gasteiger partial charge in [-0.15, -0.1) is 0 Å². The number of H-pyrrole nitrogens is 1. The summed E-state index contributed by atoms with van der Waals surface area (Å²) in [4.78, 5) is 6.81. The van der Waals surface area contributed by atoms with Crippen LogP contribution in [0, 0.1) is 11.3 Å². The van der Waals surface area contributed by atoms with Gasteiger partial charge in [-0.1, -0.05) is 11.6 Å². The standard InChI is InChI=1S/C8H4ClN3/c9-8-6(3-10)7-5(4-12-8)1-2-11-7/h1-2,4,11H. The molecule has 2 rings (SSSR count). The number of hydrogen-bond donors (Lipinski definition) is 1. The van der Waals surface area contributed by atoms with Crippen LogP contribution >= 0.6 is 11.6 Å². The summed E-state index contributed by atoms with van der Waals surface area (Å²) < 4.78 is 0. The fourth-order valence-corrected chi connectivity index (χ4v) is 1.29. The first kappa shape index (κ1) is 7.14. The molecule has 0 atom stereocenters. The van der Waals surface area contributed by atoms with Crippen molar-refractivity contribution in [3.63, 3.8) is 0 Å². The van der Waals surface area contributed by atoms with Gasteiger partial charge in [-0.05, 0) is 6.07 Å². The van der Waals surface area contributed by atoms with Crippen molar-refractivity contribution in [1.29, 1.82) is 5.26 Å². The molecule has 0 spiro atoms. The summed E-state index contributed by atoms with van der Waals surface area (Å²) in [6, 6.07) is 3.85. The minimum absolute atomic E-state index is 0.243. The third kappa shape index (κ3) is 0.858. The summed E-state index contributed by atoms with van der Waals surface area (Å²) in [7, 11) is 0. The Bertz CT molecular complexity index is 467. The van der Waals surface area contributed by atoms with Gasteiger partial charge in [0.1, 0.15) is 16.8 Å². The summed E-state index contributed by atoms with van der Waals surface area (Å²) in [6.07, 6.45) is 3.39. The third-order valence-corrected chi connectivity index (χ3v) is 1.95. The Kier molecular flexibility index (Phi) is 1.49. The number of hydrogen-bond acceptors (Lipinski definition) is 2. The van der Waals surface area contributed by atoms with Crippen molar-refractivity contribution in [1.82, 2.24) is 9.97 Å². The quantitative estimate of drug-likeness (QED) is 0.627. The Balaban J connectivity index is 2.94. The molecule has 3 nitrogen and oxygen atoms in total. The van der Waals surface area contributed by atoms with Gasteiger partial charge in [-0.3, -0.25) is 0 Å². The number of halogens is 1. The fourth-order valence-electron chi connectivity index (χ4n) is 1.10. The lowest BCUT2D eigenvalue weighted by atomic mass is 10.2. The van der Waals surface area contributed by atoms with E-state index in [1.807, 2.05) is 12.1 Å². The molecule has 0 amide bonds. The third-order valence-electron chi connectivity index (χ3n) is 1.66. The van der Waals surface area contributed by atoms with E-state index < -0.39 is 0 Å². The van der Waals surface area contributed by atoms with Crippen molar-refractivity contribution in [3.05, 3.63) is 29.2 Å². The van der Waals surface area contributed by atoms with Crippen molar-refractivity contribution in [2.45, 2.75) is 0 Å². The number of pyridine rings is 1. The van der Waals surface area contributed by atoms with Gasteiger partial charge in [0.15, 0.2) is 0 Å². The highest BCUT2D eigenvalue weighted by atomic mass is 35.5. The SMILES string of the molecule is N#Cc1c(Cl)ncc2cc[nH]c12.